The third kappa shape index (κ3) is 2.72. The van der Waals surface area contributed by atoms with Gasteiger partial charge in [0.1, 0.15) is 0 Å². The van der Waals surface area contributed by atoms with E-state index in [-0.39, 0.29) is 18.4 Å². The van der Waals surface area contributed by atoms with Crippen molar-refractivity contribution in [3.63, 3.8) is 0 Å². The standard InChI is InChI=1S/C22H15ClN4O2/c1-26-12-24-10-18(26)20-14(9-13-5-4-8-17(23)19(13)25-20)11-27-21(28)15-6-2-3-7-16(15)22(27)29/h2-10,12H,11H2,1H3. The van der Waals surface area contributed by atoms with Gasteiger partial charge in [-0.1, -0.05) is 35.9 Å². The predicted molar refractivity (Wildman–Crippen MR) is 110 cm³/mol. The third-order valence-corrected chi connectivity index (χ3v) is 5.45. The van der Waals surface area contributed by atoms with Crippen molar-refractivity contribution in [1.82, 2.24) is 19.4 Å². The highest BCUT2D eigenvalue weighted by Gasteiger charge is 2.35. The summed E-state index contributed by atoms with van der Waals surface area (Å²) >= 11 is 6.36. The van der Waals surface area contributed by atoms with E-state index in [1.807, 2.05) is 29.8 Å². The van der Waals surface area contributed by atoms with Gasteiger partial charge in [-0.15, -0.1) is 0 Å². The molecule has 0 fully saturated rings. The molecule has 0 saturated carbocycles. The largest absolute Gasteiger partial charge is 0.332 e. The first-order chi connectivity index (χ1) is 14.0. The molecule has 5 rings (SSSR count). The molecular weight excluding hydrogens is 388 g/mol. The van der Waals surface area contributed by atoms with Crippen molar-refractivity contribution in [2.24, 2.45) is 7.05 Å². The van der Waals surface area contributed by atoms with E-state index in [0.29, 0.717) is 27.4 Å². The van der Waals surface area contributed by atoms with Gasteiger partial charge in [0.2, 0.25) is 0 Å². The van der Waals surface area contributed by atoms with Crippen molar-refractivity contribution >= 4 is 34.3 Å². The number of fused-ring (bicyclic) bond motifs is 2. The van der Waals surface area contributed by atoms with Crippen LogP contribution in [0.15, 0.2) is 61.1 Å². The number of carbonyl (C=O) groups excluding carboxylic acids is 2. The van der Waals surface area contributed by atoms with Crippen LogP contribution >= 0.6 is 11.6 Å². The fraction of sp³-hybridized carbons (Fsp3) is 0.0909. The average molecular weight is 403 g/mol. The van der Waals surface area contributed by atoms with E-state index in [9.17, 15) is 9.59 Å². The number of carbonyl (C=O) groups is 2. The van der Waals surface area contributed by atoms with E-state index < -0.39 is 0 Å². The summed E-state index contributed by atoms with van der Waals surface area (Å²) in [6.45, 7) is 0.113. The van der Waals surface area contributed by atoms with Gasteiger partial charge in [0.25, 0.3) is 11.8 Å². The fourth-order valence-corrected chi connectivity index (χ4v) is 3.91. The number of rotatable bonds is 3. The maximum Gasteiger partial charge on any atom is 0.261 e. The van der Waals surface area contributed by atoms with Crippen molar-refractivity contribution in [3.05, 3.63) is 82.8 Å². The Morgan fingerprint density at radius 1 is 1.00 bits per heavy atom. The second kappa shape index (κ2) is 6.53. The summed E-state index contributed by atoms with van der Waals surface area (Å²) in [7, 11) is 1.87. The minimum absolute atomic E-state index is 0.113. The zero-order chi connectivity index (χ0) is 20.1. The lowest BCUT2D eigenvalue weighted by molar-refractivity contribution is 0.0642. The number of benzene rings is 2. The lowest BCUT2D eigenvalue weighted by Gasteiger charge is -2.17. The van der Waals surface area contributed by atoms with Crippen molar-refractivity contribution in [2.45, 2.75) is 6.54 Å². The fourth-order valence-electron chi connectivity index (χ4n) is 3.69. The number of pyridine rings is 1. The van der Waals surface area contributed by atoms with Gasteiger partial charge >= 0.3 is 0 Å². The monoisotopic (exact) mass is 402 g/mol. The number of imide groups is 1. The number of aryl methyl sites for hydroxylation is 1. The number of para-hydroxylation sites is 1. The second-order valence-electron chi connectivity index (χ2n) is 6.94. The zero-order valence-electron chi connectivity index (χ0n) is 15.5. The van der Waals surface area contributed by atoms with Gasteiger partial charge in [-0.05, 0) is 24.3 Å². The molecule has 142 valence electrons. The van der Waals surface area contributed by atoms with Crippen LogP contribution in [-0.2, 0) is 13.6 Å². The lowest BCUT2D eigenvalue weighted by Crippen LogP contribution is -2.29. The second-order valence-corrected chi connectivity index (χ2v) is 7.35. The Hall–Kier alpha value is -3.51. The van der Waals surface area contributed by atoms with Gasteiger partial charge in [0.05, 0.1) is 52.1 Å². The SMILES string of the molecule is Cn1cncc1-c1nc2c(Cl)cccc2cc1CN1C(=O)c2ccccc2C1=O. The summed E-state index contributed by atoms with van der Waals surface area (Å²) in [6, 6.07) is 14.3. The van der Waals surface area contributed by atoms with E-state index >= 15 is 0 Å². The van der Waals surface area contributed by atoms with Gasteiger partial charge in [-0.2, -0.15) is 0 Å². The summed E-state index contributed by atoms with van der Waals surface area (Å²) in [4.78, 5) is 35.9. The van der Waals surface area contributed by atoms with Crippen molar-refractivity contribution in [1.29, 1.82) is 0 Å². The van der Waals surface area contributed by atoms with Crippen molar-refractivity contribution < 1.29 is 9.59 Å². The van der Waals surface area contributed by atoms with Gasteiger partial charge in [0.15, 0.2) is 0 Å². The summed E-state index contributed by atoms with van der Waals surface area (Å²) in [6.07, 6.45) is 3.39. The van der Waals surface area contributed by atoms with Crippen LogP contribution in [0, 0.1) is 0 Å². The van der Waals surface area contributed by atoms with Crippen molar-refractivity contribution in [3.8, 4) is 11.4 Å². The number of halogens is 1. The van der Waals surface area contributed by atoms with Gasteiger partial charge < -0.3 is 4.57 Å². The highest BCUT2D eigenvalue weighted by molar-refractivity contribution is 6.35. The predicted octanol–water partition coefficient (Wildman–Crippen LogP) is 4.08. The molecule has 2 aromatic carbocycles. The van der Waals surface area contributed by atoms with Crippen LogP contribution < -0.4 is 0 Å². The molecule has 2 aromatic heterocycles. The number of nitrogens with zero attached hydrogens (tertiary/aromatic N) is 4. The Morgan fingerprint density at radius 2 is 1.72 bits per heavy atom. The van der Waals surface area contributed by atoms with E-state index in [4.69, 9.17) is 16.6 Å². The number of aromatic nitrogens is 3. The first-order valence-electron chi connectivity index (χ1n) is 9.04. The Morgan fingerprint density at radius 3 is 2.38 bits per heavy atom. The van der Waals surface area contributed by atoms with E-state index in [2.05, 4.69) is 4.98 Å². The van der Waals surface area contributed by atoms with Crippen molar-refractivity contribution in [2.75, 3.05) is 0 Å². The summed E-state index contributed by atoms with van der Waals surface area (Å²) in [5.74, 6) is -0.597. The molecule has 1 aliphatic heterocycles. The molecular formula is C22H15ClN4O2. The van der Waals surface area contributed by atoms with E-state index in [1.54, 1.807) is 42.9 Å². The summed E-state index contributed by atoms with van der Waals surface area (Å²) in [5, 5.41) is 1.38. The molecule has 0 saturated heterocycles. The molecule has 0 radical (unpaired) electrons. The summed E-state index contributed by atoms with van der Waals surface area (Å²) in [5.41, 5.74) is 3.68. The smallest absolute Gasteiger partial charge is 0.261 e. The maximum absolute atomic E-state index is 12.8. The maximum atomic E-state index is 12.8. The minimum atomic E-state index is -0.298. The first kappa shape index (κ1) is 17.6. The van der Waals surface area contributed by atoms with Crippen LogP contribution in [0.2, 0.25) is 5.02 Å². The number of amides is 2. The van der Waals surface area contributed by atoms with E-state index in [0.717, 1.165) is 16.6 Å². The Bertz CT molecular complexity index is 1280. The number of hydrogen-bond donors (Lipinski definition) is 0. The van der Waals surface area contributed by atoms with Gasteiger partial charge in [-0.3, -0.25) is 14.5 Å². The number of imidazole rings is 1. The minimum Gasteiger partial charge on any atom is -0.332 e. The number of hydrogen-bond acceptors (Lipinski definition) is 4. The molecule has 0 unspecified atom stereocenters. The van der Waals surface area contributed by atoms with Crippen LogP contribution in [0.5, 0.6) is 0 Å². The quantitative estimate of drug-likeness (QED) is 0.484. The molecule has 4 aromatic rings. The van der Waals surface area contributed by atoms with Crippen LogP contribution in [0.3, 0.4) is 0 Å². The van der Waals surface area contributed by atoms with Gasteiger partial charge in [-0.25, -0.2) is 9.97 Å². The topological polar surface area (TPSA) is 68.1 Å². The highest BCUT2D eigenvalue weighted by Crippen LogP contribution is 2.32. The molecule has 6 nitrogen and oxygen atoms in total. The molecule has 0 spiro atoms. The molecule has 0 atom stereocenters. The lowest BCUT2D eigenvalue weighted by atomic mass is 10.1. The molecule has 1 aliphatic rings. The summed E-state index contributed by atoms with van der Waals surface area (Å²) < 4.78 is 1.84. The third-order valence-electron chi connectivity index (χ3n) is 5.14. The molecule has 0 bridgehead atoms. The average Bonchev–Trinajstić information content (AvgIpc) is 3.25. The molecule has 29 heavy (non-hydrogen) atoms. The van der Waals surface area contributed by atoms with Crippen LogP contribution in [0.1, 0.15) is 26.3 Å². The molecule has 2 amide bonds. The van der Waals surface area contributed by atoms with Crippen LogP contribution in [-0.4, -0.2) is 31.2 Å². The molecule has 7 heteroatoms. The Balaban J connectivity index is 1.66. The first-order valence-corrected chi connectivity index (χ1v) is 9.42. The molecule has 0 N–H and O–H groups in total. The normalized spacial score (nSPS) is 13.4. The molecule has 3 heterocycles. The van der Waals surface area contributed by atoms with Crippen LogP contribution in [0.25, 0.3) is 22.3 Å². The Labute approximate surface area is 171 Å². The van der Waals surface area contributed by atoms with E-state index in [1.165, 1.54) is 4.90 Å². The zero-order valence-corrected chi connectivity index (χ0v) is 16.2. The Kier molecular flexibility index (Phi) is 3.96. The highest BCUT2D eigenvalue weighted by atomic mass is 35.5. The molecule has 0 aliphatic carbocycles. The van der Waals surface area contributed by atoms with Crippen LogP contribution in [0.4, 0.5) is 0 Å². The van der Waals surface area contributed by atoms with Gasteiger partial charge in [0, 0.05) is 18.0 Å².